The highest BCUT2D eigenvalue weighted by Crippen LogP contribution is 2.40. The zero-order valence-electron chi connectivity index (χ0n) is 10.5. The zero-order valence-corrected chi connectivity index (χ0v) is 11.2. The molecule has 1 aliphatic rings. The first-order chi connectivity index (χ1) is 9.66. The Labute approximate surface area is 120 Å². The minimum Gasteiger partial charge on any atom is -0.486 e. The molecule has 0 amide bonds. The lowest BCUT2D eigenvalue weighted by molar-refractivity contribution is 0.169. The number of fused-ring (bicyclic) bond motifs is 1. The van der Waals surface area contributed by atoms with E-state index in [9.17, 15) is 9.50 Å². The number of halogens is 2. The van der Waals surface area contributed by atoms with Crippen LogP contribution in [0.4, 0.5) is 4.39 Å². The first kappa shape index (κ1) is 13.2. The second-order valence-electron chi connectivity index (χ2n) is 4.45. The fourth-order valence-electron chi connectivity index (χ4n) is 2.17. The number of aliphatic hydroxyl groups excluding tert-OH is 1. The zero-order chi connectivity index (χ0) is 14.1. The first-order valence-electron chi connectivity index (χ1n) is 6.18. The molecular formula is C15H12ClFO3. The van der Waals surface area contributed by atoms with Gasteiger partial charge < -0.3 is 14.6 Å². The molecule has 0 saturated heterocycles. The Morgan fingerprint density at radius 1 is 1.15 bits per heavy atom. The molecule has 1 heterocycles. The molecule has 0 saturated carbocycles. The average Bonchev–Trinajstić information content (AvgIpc) is 2.47. The van der Waals surface area contributed by atoms with Crippen LogP contribution in [-0.2, 0) is 0 Å². The summed E-state index contributed by atoms with van der Waals surface area (Å²) in [7, 11) is 0. The Kier molecular flexibility index (Phi) is 3.51. The van der Waals surface area contributed by atoms with Gasteiger partial charge in [0.25, 0.3) is 0 Å². The van der Waals surface area contributed by atoms with Gasteiger partial charge in [-0.2, -0.15) is 0 Å². The van der Waals surface area contributed by atoms with Crippen molar-refractivity contribution in [2.75, 3.05) is 13.2 Å². The molecule has 2 aromatic rings. The van der Waals surface area contributed by atoms with Crippen LogP contribution >= 0.6 is 11.6 Å². The molecule has 3 rings (SSSR count). The molecule has 0 spiro atoms. The van der Waals surface area contributed by atoms with Crippen molar-refractivity contribution in [2.24, 2.45) is 0 Å². The Balaban J connectivity index is 2.02. The largest absolute Gasteiger partial charge is 0.486 e. The summed E-state index contributed by atoms with van der Waals surface area (Å²) in [4.78, 5) is 0. The molecule has 5 heteroatoms. The number of hydrogen-bond acceptors (Lipinski definition) is 3. The highest BCUT2D eigenvalue weighted by molar-refractivity contribution is 6.32. The van der Waals surface area contributed by atoms with Gasteiger partial charge in [-0.3, -0.25) is 0 Å². The van der Waals surface area contributed by atoms with Gasteiger partial charge in [0.2, 0.25) is 0 Å². The molecule has 3 nitrogen and oxygen atoms in total. The lowest BCUT2D eigenvalue weighted by Gasteiger charge is -2.21. The van der Waals surface area contributed by atoms with Crippen LogP contribution in [0.5, 0.6) is 11.5 Å². The summed E-state index contributed by atoms with van der Waals surface area (Å²) in [5.74, 6) is 0.461. The van der Waals surface area contributed by atoms with Crippen molar-refractivity contribution >= 4 is 11.6 Å². The maximum Gasteiger partial charge on any atom is 0.179 e. The van der Waals surface area contributed by atoms with Crippen LogP contribution in [-0.4, -0.2) is 18.3 Å². The minimum absolute atomic E-state index is 0.195. The number of rotatable bonds is 2. The molecule has 0 aliphatic carbocycles. The molecule has 20 heavy (non-hydrogen) atoms. The molecule has 0 bridgehead atoms. The standard InChI is InChI=1S/C15H12ClFO3/c16-11-7-9(8-13-15(11)20-6-5-19-13)14(18)10-3-1-2-4-12(10)17/h1-4,7-8,14,18H,5-6H2. The van der Waals surface area contributed by atoms with E-state index in [2.05, 4.69) is 0 Å². The molecule has 1 unspecified atom stereocenters. The van der Waals surface area contributed by atoms with Crippen LogP contribution in [0.3, 0.4) is 0 Å². The van der Waals surface area contributed by atoms with Crippen molar-refractivity contribution in [1.29, 1.82) is 0 Å². The normalized spacial score (nSPS) is 14.9. The van der Waals surface area contributed by atoms with Crippen LogP contribution < -0.4 is 9.47 Å². The molecule has 1 aliphatic heterocycles. The predicted molar refractivity (Wildman–Crippen MR) is 72.9 cm³/mol. The molecule has 0 radical (unpaired) electrons. The Morgan fingerprint density at radius 2 is 1.90 bits per heavy atom. The maximum absolute atomic E-state index is 13.7. The lowest BCUT2D eigenvalue weighted by atomic mass is 10.0. The topological polar surface area (TPSA) is 38.7 Å². The van der Waals surface area contributed by atoms with E-state index < -0.39 is 11.9 Å². The Bertz CT molecular complexity index is 645. The van der Waals surface area contributed by atoms with Crippen molar-refractivity contribution in [3.8, 4) is 11.5 Å². The minimum atomic E-state index is -1.11. The molecule has 2 aromatic carbocycles. The molecule has 0 fully saturated rings. The fraction of sp³-hybridized carbons (Fsp3) is 0.200. The van der Waals surface area contributed by atoms with Crippen LogP contribution in [0.1, 0.15) is 17.2 Å². The van der Waals surface area contributed by atoms with Crippen molar-refractivity contribution in [3.63, 3.8) is 0 Å². The van der Waals surface area contributed by atoms with Gasteiger partial charge >= 0.3 is 0 Å². The third-order valence-electron chi connectivity index (χ3n) is 3.13. The Morgan fingerprint density at radius 3 is 2.70 bits per heavy atom. The van der Waals surface area contributed by atoms with Gasteiger partial charge in [-0.1, -0.05) is 29.8 Å². The van der Waals surface area contributed by atoms with Gasteiger partial charge in [-0.05, 0) is 23.8 Å². The van der Waals surface area contributed by atoms with E-state index in [0.29, 0.717) is 35.3 Å². The highest BCUT2D eigenvalue weighted by atomic mass is 35.5. The van der Waals surface area contributed by atoms with E-state index in [0.717, 1.165) is 0 Å². The smallest absolute Gasteiger partial charge is 0.179 e. The third kappa shape index (κ3) is 2.32. The second kappa shape index (κ2) is 5.31. The molecular weight excluding hydrogens is 283 g/mol. The summed E-state index contributed by atoms with van der Waals surface area (Å²) in [5.41, 5.74) is 0.657. The molecule has 1 N–H and O–H groups in total. The van der Waals surface area contributed by atoms with Gasteiger partial charge in [0.15, 0.2) is 11.5 Å². The van der Waals surface area contributed by atoms with Gasteiger partial charge in [0.05, 0.1) is 5.02 Å². The lowest BCUT2D eigenvalue weighted by Crippen LogP contribution is -2.16. The summed E-state index contributed by atoms with van der Waals surface area (Å²) < 4.78 is 24.6. The fourth-order valence-corrected chi connectivity index (χ4v) is 2.44. The molecule has 0 aromatic heterocycles. The number of aliphatic hydroxyl groups is 1. The average molecular weight is 295 g/mol. The first-order valence-corrected chi connectivity index (χ1v) is 6.56. The van der Waals surface area contributed by atoms with E-state index in [-0.39, 0.29) is 5.56 Å². The SMILES string of the molecule is OC(c1cc(Cl)c2c(c1)OCCO2)c1ccccc1F. The number of ether oxygens (including phenoxy) is 2. The summed E-state index contributed by atoms with van der Waals surface area (Å²) in [6.45, 7) is 0.852. The van der Waals surface area contributed by atoms with Gasteiger partial charge in [-0.25, -0.2) is 4.39 Å². The number of hydrogen-bond donors (Lipinski definition) is 1. The summed E-state index contributed by atoms with van der Waals surface area (Å²) >= 11 is 6.11. The van der Waals surface area contributed by atoms with Gasteiger partial charge in [0.1, 0.15) is 25.1 Å². The van der Waals surface area contributed by atoms with Crippen LogP contribution in [0.15, 0.2) is 36.4 Å². The highest BCUT2D eigenvalue weighted by Gasteiger charge is 2.21. The number of benzene rings is 2. The van der Waals surface area contributed by atoms with E-state index in [1.165, 1.54) is 12.1 Å². The van der Waals surface area contributed by atoms with Crippen LogP contribution in [0, 0.1) is 5.82 Å². The maximum atomic E-state index is 13.7. The van der Waals surface area contributed by atoms with E-state index in [1.807, 2.05) is 0 Å². The van der Waals surface area contributed by atoms with E-state index in [1.54, 1.807) is 24.3 Å². The van der Waals surface area contributed by atoms with Crippen molar-refractivity contribution in [1.82, 2.24) is 0 Å². The second-order valence-corrected chi connectivity index (χ2v) is 4.86. The molecule has 1 atom stereocenters. The van der Waals surface area contributed by atoms with Crippen molar-refractivity contribution in [3.05, 3.63) is 58.4 Å². The summed E-state index contributed by atoms with van der Waals surface area (Å²) in [6, 6.07) is 9.26. The van der Waals surface area contributed by atoms with Crippen molar-refractivity contribution < 1.29 is 19.0 Å². The summed E-state index contributed by atoms with van der Waals surface area (Å²) in [6.07, 6.45) is -1.11. The van der Waals surface area contributed by atoms with E-state index in [4.69, 9.17) is 21.1 Å². The van der Waals surface area contributed by atoms with Crippen molar-refractivity contribution in [2.45, 2.75) is 6.10 Å². The van der Waals surface area contributed by atoms with E-state index >= 15 is 0 Å². The third-order valence-corrected chi connectivity index (χ3v) is 3.42. The Hall–Kier alpha value is -1.78. The summed E-state index contributed by atoms with van der Waals surface area (Å²) in [5, 5.41) is 10.6. The van der Waals surface area contributed by atoms with Gasteiger partial charge in [-0.15, -0.1) is 0 Å². The quantitative estimate of drug-likeness (QED) is 0.923. The molecule has 104 valence electrons. The van der Waals surface area contributed by atoms with Crippen LogP contribution in [0.25, 0.3) is 0 Å². The van der Waals surface area contributed by atoms with Crippen LogP contribution in [0.2, 0.25) is 5.02 Å². The van der Waals surface area contributed by atoms with Gasteiger partial charge in [0, 0.05) is 5.56 Å². The predicted octanol–water partition coefficient (Wildman–Crippen LogP) is 3.33. The monoisotopic (exact) mass is 294 g/mol.